The molecule has 0 aliphatic carbocycles. The molecule has 0 spiro atoms. The van der Waals surface area contributed by atoms with Crippen LogP contribution in [0.5, 0.6) is 5.75 Å². The lowest BCUT2D eigenvalue weighted by Crippen LogP contribution is -2.32. The van der Waals surface area contributed by atoms with Gasteiger partial charge in [-0.25, -0.2) is 0 Å². The van der Waals surface area contributed by atoms with Gasteiger partial charge in [0, 0.05) is 19.2 Å². The van der Waals surface area contributed by atoms with Crippen LogP contribution in [0.25, 0.3) is 5.76 Å². The lowest BCUT2D eigenvalue weighted by Gasteiger charge is -2.25. The maximum Gasteiger partial charge on any atom is 0.295 e. The van der Waals surface area contributed by atoms with Crippen LogP contribution in [0.4, 0.5) is 0 Å². The summed E-state index contributed by atoms with van der Waals surface area (Å²) in [5.41, 5.74) is 2.36. The van der Waals surface area contributed by atoms with Crippen LogP contribution in [-0.4, -0.2) is 48.6 Å². The number of rotatable bonds is 7. The highest BCUT2D eigenvalue weighted by Gasteiger charge is 2.45. The Morgan fingerprint density at radius 1 is 1.07 bits per heavy atom. The number of amides is 1. The van der Waals surface area contributed by atoms with Gasteiger partial charge in [-0.05, 0) is 43.7 Å². The van der Waals surface area contributed by atoms with Crippen LogP contribution >= 0.6 is 0 Å². The van der Waals surface area contributed by atoms with E-state index >= 15 is 0 Å². The molecule has 6 nitrogen and oxygen atoms in total. The van der Waals surface area contributed by atoms with Gasteiger partial charge in [-0.2, -0.15) is 0 Å². The SMILES string of the molecule is CCOc1ccc(/C(O)=C2/C(=O)C(=O)N(CCOC)C2c2ccc(C)cc2)cc1. The summed E-state index contributed by atoms with van der Waals surface area (Å²) in [5, 5.41) is 11.0. The van der Waals surface area contributed by atoms with Crippen molar-refractivity contribution in [1.29, 1.82) is 0 Å². The molecule has 1 N–H and O–H groups in total. The van der Waals surface area contributed by atoms with Gasteiger partial charge in [-0.3, -0.25) is 9.59 Å². The van der Waals surface area contributed by atoms with Crippen LogP contribution in [0, 0.1) is 6.92 Å². The molecule has 0 bridgehead atoms. The minimum atomic E-state index is -0.696. The van der Waals surface area contributed by atoms with Crippen molar-refractivity contribution < 1.29 is 24.2 Å². The summed E-state index contributed by atoms with van der Waals surface area (Å²) in [6, 6.07) is 13.7. The van der Waals surface area contributed by atoms with Crippen LogP contribution in [0.3, 0.4) is 0 Å². The van der Waals surface area contributed by atoms with Crippen molar-refractivity contribution in [2.45, 2.75) is 19.9 Å². The fourth-order valence-corrected chi connectivity index (χ4v) is 3.43. The van der Waals surface area contributed by atoms with Gasteiger partial charge in [0.15, 0.2) is 0 Å². The molecule has 2 aromatic carbocycles. The minimum Gasteiger partial charge on any atom is -0.507 e. The minimum absolute atomic E-state index is 0.0825. The smallest absolute Gasteiger partial charge is 0.295 e. The number of ether oxygens (including phenoxy) is 2. The van der Waals surface area contributed by atoms with Crippen molar-refractivity contribution in [2.24, 2.45) is 0 Å². The molecule has 0 radical (unpaired) electrons. The molecule has 3 rings (SSSR count). The van der Waals surface area contributed by atoms with Crippen LogP contribution in [-0.2, 0) is 14.3 Å². The first-order valence-corrected chi connectivity index (χ1v) is 9.55. The number of aliphatic hydroxyl groups excluding tert-OH is 1. The largest absolute Gasteiger partial charge is 0.507 e. The van der Waals surface area contributed by atoms with Gasteiger partial charge in [-0.15, -0.1) is 0 Å². The molecule has 0 aromatic heterocycles. The Bertz CT molecular complexity index is 915. The van der Waals surface area contributed by atoms with Crippen LogP contribution in [0.15, 0.2) is 54.1 Å². The van der Waals surface area contributed by atoms with Gasteiger partial charge in [0.25, 0.3) is 11.7 Å². The number of likely N-dealkylation sites (tertiary alicyclic amines) is 1. The summed E-state index contributed by atoms with van der Waals surface area (Å²) in [4.78, 5) is 27.0. The van der Waals surface area contributed by atoms with Crippen molar-refractivity contribution in [2.75, 3.05) is 26.9 Å². The zero-order chi connectivity index (χ0) is 21.0. The van der Waals surface area contributed by atoms with Crippen molar-refractivity contribution in [3.05, 3.63) is 70.8 Å². The molecular formula is C23H25NO5. The van der Waals surface area contributed by atoms with Gasteiger partial charge >= 0.3 is 0 Å². The maximum atomic E-state index is 12.8. The van der Waals surface area contributed by atoms with E-state index in [1.165, 1.54) is 12.0 Å². The molecule has 1 heterocycles. The maximum absolute atomic E-state index is 12.8. The summed E-state index contributed by atoms with van der Waals surface area (Å²) < 4.78 is 10.5. The van der Waals surface area contributed by atoms with Gasteiger partial charge in [0.05, 0.1) is 24.8 Å². The van der Waals surface area contributed by atoms with Gasteiger partial charge < -0.3 is 19.5 Å². The number of nitrogens with zero attached hydrogens (tertiary/aromatic N) is 1. The summed E-state index contributed by atoms with van der Waals surface area (Å²) in [7, 11) is 1.54. The Hall–Kier alpha value is -3.12. The lowest BCUT2D eigenvalue weighted by atomic mass is 9.94. The first kappa shape index (κ1) is 20.6. The molecule has 1 saturated heterocycles. The Morgan fingerprint density at radius 3 is 2.31 bits per heavy atom. The van der Waals surface area contributed by atoms with Crippen molar-refractivity contribution in [3.63, 3.8) is 0 Å². The molecule has 1 atom stereocenters. The Morgan fingerprint density at radius 2 is 1.72 bits per heavy atom. The Labute approximate surface area is 170 Å². The second-order valence-electron chi connectivity index (χ2n) is 6.85. The molecule has 1 amide bonds. The molecule has 152 valence electrons. The second kappa shape index (κ2) is 8.92. The van der Waals surface area contributed by atoms with E-state index in [4.69, 9.17) is 9.47 Å². The van der Waals surface area contributed by atoms with E-state index in [9.17, 15) is 14.7 Å². The fraction of sp³-hybridized carbons (Fsp3) is 0.304. The first-order valence-electron chi connectivity index (χ1n) is 9.55. The highest BCUT2D eigenvalue weighted by molar-refractivity contribution is 6.46. The number of hydrogen-bond acceptors (Lipinski definition) is 5. The molecule has 1 aliphatic heterocycles. The molecule has 1 fully saturated rings. The van der Waals surface area contributed by atoms with E-state index in [-0.39, 0.29) is 17.9 Å². The van der Waals surface area contributed by atoms with E-state index in [1.54, 1.807) is 24.3 Å². The molecule has 6 heteroatoms. The zero-order valence-electron chi connectivity index (χ0n) is 16.8. The number of Topliss-reactive ketones (excluding diaryl/α,β-unsaturated/α-hetero) is 1. The number of aryl methyl sites for hydroxylation is 1. The first-order chi connectivity index (χ1) is 14.0. The molecule has 1 aliphatic rings. The molecule has 1 unspecified atom stereocenters. The number of aliphatic hydroxyl groups is 1. The lowest BCUT2D eigenvalue weighted by molar-refractivity contribution is -0.140. The van der Waals surface area contributed by atoms with E-state index in [2.05, 4.69) is 0 Å². The Balaban J connectivity index is 2.09. The van der Waals surface area contributed by atoms with E-state index in [0.29, 0.717) is 24.5 Å². The third-order valence-corrected chi connectivity index (χ3v) is 4.91. The van der Waals surface area contributed by atoms with Crippen LogP contribution in [0.2, 0.25) is 0 Å². The average molecular weight is 395 g/mol. The standard InChI is InChI=1S/C23H25NO5/c1-4-29-18-11-9-17(10-12-18)21(25)19-20(16-7-5-15(2)6-8-16)24(13-14-28-3)23(27)22(19)26/h5-12,20,25H,4,13-14H2,1-3H3/b21-19-. The van der Waals surface area contributed by atoms with Gasteiger partial charge in [-0.1, -0.05) is 29.8 Å². The highest BCUT2D eigenvalue weighted by atomic mass is 16.5. The second-order valence-corrected chi connectivity index (χ2v) is 6.85. The number of carbonyl (C=O) groups is 2. The summed E-state index contributed by atoms with van der Waals surface area (Å²) in [6.07, 6.45) is 0. The molecular weight excluding hydrogens is 370 g/mol. The number of ketones is 1. The van der Waals surface area contributed by atoms with E-state index in [1.807, 2.05) is 38.1 Å². The van der Waals surface area contributed by atoms with Gasteiger partial charge in [0.1, 0.15) is 11.5 Å². The molecule has 29 heavy (non-hydrogen) atoms. The highest BCUT2D eigenvalue weighted by Crippen LogP contribution is 2.39. The third kappa shape index (κ3) is 4.17. The van der Waals surface area contributed by atoms with E-state index < -0.39 is 17.7 Å². The zero-order valence-corrected chi connectivity index (χ0v) is 16.8. The van der Waals surface area contributed by atoms with Crippen LogP contribution in [0.1, 0.15) is 29.7 Å². The number of carbonyl (C=O) groups excluding carboxylic acids is 2. The monoisotopic (exact) mass is 395 g/mol. The van der Waals surface area contributed by atoms with E-state index in [0.717, 1.165) is 11.1 Å². The summed E-state index contributed by atoms with van der Waals surface area (Å²) in [6.45, 7) is 4.92. The van der Waals surface area contributed by atoms with Crippen molar-refractivity contribution in [3.8, 4) is 5.75 Å². The molecule has 0 saturated carbocycles. The number of benzene rings is 2. The third-order valence-electron chi connectivity index (χ3n) is 4.91. The predicted octanol–water partition coefficient (Wildman–Crippen LogP) is 3.46. The topological polar surface area (TPSA) is 76.1 Å². The van der Waals surface area contributed by atoms with Gasteiger partial charge in [0.2, 0.25) is 0 Å². The summed E-state index contributed by atoms with van der Waals surface area (Å²) >= 11 is 0. The van der Waals surface area contributed by atoms with Crippen molar-refractivity contribution in [1.82, 2.24) is 4.90 Å². The predicted molar refractivity (Wildman–Crippen MR) is 110 cm³/mol. The average Bonchev–Trinajstić information content (AvgIpc) is 2.98. The van der Waals surface area contributed by atoms with Crippen LogP contribution < -0.4 is 4.74 Å². The quantitative estimate of drug-likeness (QED) is 0.441. The summed E-state index contributed by atoms with van der Waals surface area (Å²) in [5.74, 6) is -0.866. The number of methoxy groups -OCH3 is 1. The Kier molecular flexibility index (Phi) is 6.34. The normalized spacial score (nSPS) is 18.3. The fourth-order valence-electron chi connectivity index (χ4n) is 3.43. The van der Waals surface area contributed by atoms with Crippen molar-refractivity contribution >= 4 is 17.4 Å². The molecule has 2 aromatic rings. The number of hydrogen-bond donors (Lipinski definition) is 1.